The Balaban J connectivity index is 1.42. The molecule has 0 spiro atoms. The van der Waals surface area contributed by atoms with E-state index in [-0.39, 0.29) is 36.3 Å². The molecule has 1 aromatic heterocycles. The number of aromatic hydroxyl groups is 1. The van der Waals surface area contributed by atoms with Crippen LogP contribution >= 0.6 is 0 Å². The molecule has 1 fully saturated rings. The number of phenols is 1. The van der Waals surface area contributed by atoms with E-state index >= 15 is 0 Å². The van der Waals surface area contributed by atoms with E-state index in [1.165, 1.54) is 6.26 Å². The molecule has 7 nitrogen and oxygen atoms in total. The summed E-state index contributed by atoms with van der Waals surface area (Å²) in [5, 5.41) is 12.6. The van der Waals surface area contributed by atoms with Gasteiger partial charge in [0.1, 0.15) is 5.75 Å². The van der Waals surface area contributed by atoms with Gasteiger partial charge in [0, 0.05) is 39.1 Å². The molecule has 0 aliphatic carbocycles. The molecule has 7 heteroatoms. The van der Waals surface area contributed by atoms with E-state index in [0.717, 1.165) is 5.69 Å². The van der Waals surface area contributed by atoms with Gasteiger partial charge in [-0.3, -0.25) is 9.59 Å². The summed E-state index contributed by atoms with van der Waals surface area (Å²) in [4.78, 5) is 27.8. The SMILES string of the molecule is O=C(NCCC(=O)N1CCN(c2ccccc2O)CC1)c1ccco1. The Morgan fingerprint density at radius 1 is 1.08 bits per heavy atom. The second-order valence-electron chi connectivity index (χ2n) is 5.84. The summed E-state index contributed by atoms with van der Waals surface area (Å²) in [5.41, 5.74) is 0.792. The van der Waals surface area contributed by atoms with Crippen LogP contribution in [0.5, 0.6) is 5.75 Å². The molecule has 2 N–H and O–H groups in total. The zero-order valence-electron chi connectivity index (χ0n) is 13.9. The maximum absolute atomic E-state index is 12.3. The van der Waals surface area contributed by atoms with Crippen molar-refractivity contribution in [2.24, 2.45) is 0 Å². The molecule has 1 saturated heterocycles. The Morgan fingerprint density at radius 3 is 2.52 bits per heavy atom. The van der Waals surface area contributed by atoms with Crippen LogP contribution < -0.4 is 10.2 Å². The lowest BCUT2D eigenvalue weighted by molar-refractivity contribution is -0.131. The van der Waals surface area contributed by atoms with E-state index in [9.17, 15) is 14.7 Å². The quantitative estimate of drug-likeness (QED) is 0.858. The molecule has 0 saturated carbocycles. The monoisotopic (exact) mass is 343 g/mol. The van der Waals surface area contributed by atoms with Crippen LogP contribution in [0.4, 0.5) is 5.69 Å². The molecule has 132 valence electrons. The highest BCUT2D eigenvalue weighted by Crippen LogP contribution is 2.27. The van der Waals surface area contributed by atoms with Gasteiger partial charge in [0.25, 0.3) is 5.91 Å². The van der Waals surface area contributed by atoms with Crippen molar-refractivity contribution in [1.29, 1.82) is 0 Å². The zero-order chi connectivity index (χ0) is 17.6. The first kappa shape index (κ1) is 16.9. The maximum atomic E-state index is 12.3. The Bertz CT molecular complexity index is 722. The number of hydrogen-bond donors (Lipinski definition) is 2. The standard InChI is InChI=1S/C18H21N3O4/c22-15-5-2-1-4-14(15)20-9-11-21(12-10-20)17(23)7-8-19-18(24)16-6-3-13-25-16/h1-6,13,22H,7-12H2,(H,19,24). The number of anilines is 1. The Kier molecular flexibility index (Phi) is 5.23. The number of benzene rings is 1. The Hall–Kier alpha value is -2.96. The van der Waals surface area contributed by atoms with Crippen LogP contribution in [0.3, 0.4) is 0 Å². The molecule has 0 bridgehead atoms. The number of para-hydroxylation sites is 2. The average molecular weight is 343 g/mol. The average Bonchev–Trinajstić information content (AvgIpc) is 3.17. The first-order valence-corrected chi connectivity index (χ1v) is 8.27. The first-order valence-electron chi connectivity index (χ1n) is 8.27. The second-order valence-corrected chi connectivity index (χ2v) is 5.84. The van der Waals surface area contributed by atoms with Crippen LogP contribution in [0.2, 0.25) is 0 Å². The number of rotatable bonds is 5. The molecule has 0 atom stereocenters. The summed E-state index contributed by atoms with van der Waals surface area (Å²) >= 11 is 0. The van der Waals surface area contributed by atoms with Gasteiger partial charge in [0.2, 0.25) is 5.91 Å². The number of piperazine rings is 1. The summed E-state index contributed by atoms with van der Waals surface area (Å²) in [6, 6.07) is 10.4. The fraction of sp³-hybridized carbons (Fsp3) is 0.333. The fourth-order valence-electron chi connectivity index (χ4n) is 2.86. The maximum Gasteiger partial charge on any atom is 0.286 e. The summed E-state index contributed by atoms with van der Waals surface area (Å²) in [5.74, 6) is 0.186. The fourth-order valence-corrected chi connectivity index (χ4v) is 2.86. The van der Waals surface area contributed by atoms with Gasteiger partial charge in [-0.15, -0.1) is 0 Å². The number of amides is 2. The van der Waals surface area contributed by atoms with Crippen molar-refractivity contribution in [3.8, 4) is 5.75 Å². The first-order chi connectivity index (χ1) is 12.1. The smallest absolute Gasteiger partial charge is 0.286 e. The molecule has 0 unspecified atom stereocenters. The van der Waals surface area contributed by atoms with Crippen molar-refractivity contribution in [1.82, 2.24) is 10.2 Å². The third-order valence-corrected chi connectivity index (χ3v) is 4.22. The predicted molar refractivity (Wildman–Crippen MR) is 92.6 cm³/mol. The minimum Gasteiger partial charge on any atom is -0.506 e. The molecule has 2 amide bonds. The van der Waals surface area contributed by atoms with Crippen LogP contribution in [0.15, 0.2) is 47.1 Å². The lowest BCUT2D eigenvalue weighted by Gasteiger charge is -2.36. The van der Waals surface area contributed by atoms with E-state index in [1.807, 2.05) is 12.1 Å². The van der Waals surface area contributed by atoms with Crippen molar-refractivity contribution in [3.05, 3.63) is 48.4 Å². The van der Waals surface area contributed by atoms with Crippen molar-refractivity contribution < 1.29 is 19.1 Å². The lowest BCUT2D eigenvalue weighted by atomic mass is 10.2. The number of hydrogen-bond acceptors (Lipinski definition) is 5. The Morgan fingerprint density at radius 2 is 1.84 bits per heavy atom. The summed E-state index contributed by atoms with van der Waals surface area (Å²) in [6.45, 7) is 2.81. The third-order valence-electron chi connectivity index (χ3n) is 4.22. The molecule has 1 aliphatic heterocycles. The molecule has 2 aromatic rings. The van der Waals surface area contributed by atoms with Gasteiger partial charge in [-0.2, -0.15) is 0 Å². The van der Waals surface area contributed by atoms with E-state index in [1.54, 1.807) is 29.2 Å². The van der Waals surface area contributed by atoms with Crippen LogP contribution in [-0.4, -0.2) is 54.5 Å². The van der Waals surface area contributed by atoms with Crippen LogP contribution in [-0.2, 0) is 4.79 Å². The molecule has 2 heterocycles. The molecule has 3 rings (SSSR count). The highest BCUT2D eigenvalue weighted by Gasteiger charge is 2.22. The van der Waals surface area contributed by atoms with Gasteiger partial charge in [0.15, 0.2) is 5.76 Å². The van der Waals surface area contributed by atoms with Crippen LogP contribution in [0.1, 0.15) is 17.0 Å². The van der Waals surface area contributed by atoms with Crippen molar-refractivity contribution >= 4 is 17.5 Å². The molecular weight excluding hydrogens is 322 g/mol. The van der Waals surface area contributed by atoms with Crippen LogP contribution in [0, 0.1) is 0 Å². The number of carbonyl (C=O) groups is 2. The number of furan rings is 1. The van der Waals surface area contributed by atoms with Crippen molar-refractivity contribution in [2.75, 3.05) is 37.6 Å². The van der Waals surface area contributed by atoms with Gasteiger partial charge < -0.3 is 24.6 Å². The molecule has 0 radical (unpaired) electrons. The van der Waals surface area contributed by atoms with Crippen molar-refractivity contribution in [3.63, 3.8) is 0 Å². The number of carbonyl (C=O) groups excluding carboxylic acids is 2. The van der Waals surface area contributed by atoms with E-state index in [2.05, 4.69) is 10.2 Å². The Labute approximate surface area is 145 Å². The van der Waals surface area contributed by atoms with Gasteiger partial charge in [-0.05, 0) is 24.3 Å². The van der Waals surface area contributed by atoms with Crippen molar-refractivity contribution in [2.45, 2.75) is 6.42 Å². The lowest BCUT2D eigenvalue weighted by Crippen LogP contribution is -2.49. The van der Waals surface area contributed by atoms with Gasteiger partial charge in [-0.1, -0.05) is 12.1 Å². The number of nitrogens with zero attached hydrogens (tertiary/aromatic N) is 2. The summed E-state index contributed by atoms with van der Waals surface area (Å²) in [6.07, 6.45) is 1.69. The second kappa shape index (κ2) is 7.74. The molecular formula is C18H21N3O4. The highest BCUT2D eigenvalue weighted by atomic mass is 16.3. The summed E-state index contributed by atoms with van der Waals surface area (Å²) < 4.78 is 5.00. The van der Waals surface area contributed by atoms with Gasteiger partial charge >= 0.3 is 0 Å². The van der Waals surface area contributed by atoms with Gasteiger partial charge in [0.05, 0.1) is 12.0 Å². The zero-order valence-corrected chi connectivity index (χ0v) is 13.9. The minimum absolute atomic E-state index is 0.0108. The summed E-state index contributed by atoms with van der Waals surface area (Å²) in [7, 11) is 0. The van der Waals surface area contributed by atoms with E-state index < -0.39 is 0 Å². The molecule has 1 aliphatic rings. The number of phenolic OH excluding ortho intramolecular Hbond substituents is 1. The topological polar surface area (TPSA) is 86.0 Å². The minimum atomic E-state index is -0.317. The molecule has 1 aromatic carbocycles. The van der Waals surface area contributed by atoms with E-state index in [0.29, 0.717) is 26.2 Å². The van der Waals surface area contributed by atoms with Crippen LogP contribution in [0.25, 0.3) is 0 Å². The third kappa shape index (κ3) is 4.12. The normalized spacial score (nSPS) is 14.4. The largest absolute Gasteiger partial charge is 0.506 e. The number of nitrogens with one attached hydrogen (secondary N) is 1. The predicted octanol–water partition coefficient (Wildman–Crippen LogP) is 1.45. The van der Waals surface area contributed by atoms with E-state index in [4.69, 9.17) is 4.42 Å². The highest BCUT2D eigenvalue weighted by molar-refractivity contribution is 5.91. The van der Waals surface area contributed by atoms with Gasteiger partial charge in [-0.25, -0.2) is 0 Å². The molecule has 25 heavy (non-hydrogen) atoms.